The zero-order valence-electron chi connectivity index (χ0n) is 34.0. The number of esters is 1. The molecule has 0 bridgehead atoms. The molecule has 300 valence electrons. The lowest BCUT2D eigenvalue weighted by Gasteiger charge is -2.41. The van der Waals surface area contributed by atoms with Crippen LogP contribution in [0.3, 0.4) is 0 Å². The Labute approximate surface area is 319 Å². The Bertz CT molecular complexity index is 1300. The predicted molar refractivity (Wildman–Crippen MR) is 207 cm³/mol. The maximum atomic E-state index is 14.3. The second kappa shape index (κ2) is 21.7. The molecule has 1 aromatic rings. The number of likely N-dealkylation sites (N-methyl/N-ethyl adjacent to an activating group) is 1. The van der Waals surface area contributed by atoms with E-state index in [0.29, 0.717) is 19.5 Å². The highest BCUT2D eigenvalue weighted by Gasteiger charge is 2.43. The van der Waals surface area contributed by atoms with Crippen LogP contribution in [0.2, 0.25) is 0 Å². The summed E-state index contributed by atoms with van der Waals surface area (Å²) in [4.78, 5) is 60.8. The molecule has 12 nitrogen and oxygen atoms in total. The Morgan fingerprint density at radius 3 is 2.32 bits per heavy atom. The van der Waals surface area contributed by atoms with Gasteiger partial charge in [-0.25, -0.2) is 4.79 Å². The standard InChI is InChI=1S/C41H69N5O7/c1-10-12-23-46(36(48)27-42-28-41(5)21-17-22-44(41)6)37(29(3)11-2)34(51-7)26-35(47)45-24-16-20-33(45)38(52-8)30(4)39(49)43-32(40(50)53-9)25-31-18-14-13-15-19-31/h13-15,18-19,29-30,32-34,37-38,42H,10-12,16-17,20-28H2,1-9H3,(H,43,49)/t29-,30+,32-,33-,34+,37-,38?,41-/m0/s1. The first-order chi connectivity index (χ1) is 25.3. The van der Waals surface area contributed by atoms with Gasteiger partial charge >= 0.3 is 5.97 Å². The molecule has 3 rings (SSSR count). The number of amides is 3. The first-order valence-electron chi connectivity index (χ1n) is 19.8. The largest absolute Gasteiger partial charge is 0.467 e. The highest BCUT2D eigenvalue weighted by Crippen LogP contribution is 2.30. The van der Waals surface area contributed by atoms with Crippen molar-refractivity contribution >= 4 is 23.7 Å². The van der Waals surface area contributed by atoms with Crippen LogP contribution in [-0.4, -0.2) is 135 Å². The number of carbonyl (C=O) groups is 4. The van der Waals surface area contributed by atoms with E-state index in [2.05, 4.69) is 50.3 Å². The van der Waals surface area contributed by atoms with Crippen molar-refractivity contribution in [3.63, 3.8) is 0 Å². The van der Waals surface area contributed by atoms with Crippen molar-refractivity contribution < 1.29 is 33.4 Å². The quantitative estimate of drug-likeness (QED) is 0.169. The van der Waals surface area contributed by atoms with Gasteiger partial charge in [0.05, 0.1) is 50.3 Å². The number of nitrogens with zero attached hydrogens (tertiary/aromatic N) is 3. The summed E-state index contributed by atoms with van der Waals surface area (Å²) in [5.41, 5.74) is 0.926. The molecule has 12 heteroatoms. The summed E-state index contributed by atoms with van der Waals surface area (Å²) in [7, 11) is 6.64. The zero-order chi connectivity index (χ0) is 39.1. The van der Waals surface area contributed by atoms with Crippen LogP contribution >= 0.6 is 0 Å². The van der Waals surface area contributed by atoms with E-state index in [9.17, 15) is 19.2 Å². The van der Waals surface area contributed by atoms with Gasteiger partial charge in [0.15, 0.2) is 0 Å². The third-order valence-electron chi connectivity index (χ3n) is 11.9. The highest BCUT2D eigenvalue weighted by atomic mass is 16.5. The average Bonchev–Trinajstić information content (AvgIpc) is 3.78. The van der Waals surface area contributed by atoms with Gasteiger partial charge < -0.3 is 34.6 Å². The minimum Gasteiger partial charge on any atom is -0.467 e. The van der Waals surface area contributed by atoms with Gasteiger partial charge in [0.2, 0.25) is 17.7 Å². The molecule has 2 aliphatic heterocycles. The number of hydrogen-bond donors (Lipinski definition) is 2. The summed E-state index contributed by atoms with van der Waals surface area (Å²) < 4.78 is 17.1. The van der Waals surface area contributed by atoms with Gasteiger partial charge in [-0.2, -0.15) is 0 Å². The smallest absolute Gasteiger partial charge is 0.328 e. The van der Waals surface area contributed by atoms with Crippen molar-refractivity contribution in [3.8, 4) is 0 Å². The Balaban J connectivity index is 1.75. The third kappa shape index (κ3) is 12.0. The minimum absolute atomic E-state index is 0.0263. The van der Waals surface area contributed by atoms with Gasteiger partial charge in [0.25, 0.3) is 0 Å². The van der Waals surface area contributed by atoms with Crippen LogP contribution in [0.15, 0.2) is 30.3 Å². The molecular formula is C41H69N5O7. The fraction of sp³-hybridized carbons (Fsp3) is 0.756. The maximum absolute atomic E-state index is 14.3. The average molecular weight is 744 g/mol. The third-order valence-corrected chi connectivity index (χ3v) is 11.9. The molecule has 0 saturated carbocycles. The van der Waals surface area contributed by atoms with Crippen LogP contribution in [0.5, 0.6) is 0 Å². The molecular weight excluding hydrogens is 674 g/mol. The summed E-state index contributed by atoms with van der Waals surface area (Å²) in [6, 6.07) is 7.97. The van der Waals surface area contributed by atoms with Gasteiger partial charge in [0.1, 0.15) is 6.04 Å². The number of carbonyl (C=O) groups excluding carboxylic acids is 4. The summed E-state index contributed by atoms with van der Waals surface area (Å²) in [5.74, 6) is -1.50. The van der Waals surface area contributed by atoms with E-state index in [1.165, 1.54) is 7.11 Å². The van der Waals surface area contributed by atoms with Gasteiger partial charge in [-0.1, -0.05) is 70.9 Å². The van der Waals surface area contributed by atoms with Crippen LogP contribution < -0.4 is 10.6 Å². The van der Waals surface area contributed by atoms with E-state index >= 15 is 0 Å². The van der Waals surface area contributed by atoms with Gasteiger partial charge in [-0.3, -0.25) is 19.3 Å². The topological polar surface area (TPSA) is 130 Å². The molecule has 0 spiro atoms. The van der Waals surface area contributed by atoms with Crippen molar-refractivity contribution in [2.45, 2.75) is 128 Å². The second-order valence-electron chi connectivity index (χ2n) is 15.5. The van der Waals surface area contributed by atoms with Crippen molar-refractivity contribution in [2.24, 2.45) is 11.8 Å². The van der Waals surface area contributed by atoms with Crippen LogP contribution in [0.25, 0.3) is 0 Å². The fourth-order valence-corrected chi connectivity index (χ4v) is 8.21. The number of likely N-dealkylation sites (tertiary alicyclic amines) is 2. The Kier molecular flexibility index (Phi) is 18.2. The number of ether oxygens (including phenoxy) is 3. The molecule has 0 aliphatic carbocycles. The van der Waals surface area contributed by atoms with Crippen molar-refractivity contribution in [2.75, 3.05) is 61.1 Å². The van der Waals surface area contributed by atoms with E-state index in [1.807, 2.05) is 40.1 Å². The molecule has 2 aliphatic rings. The minimum atomic E-state index is -0.864. The highest BCUT2D eigenvalue weighted by molar-refractivity contribution is 5.86. The van der Waals surface area contributed by atoms with Gasteiger partial charge in [0, 0.05) is 45.8 Å². The van der Waals surface area contributed by atoms with Crippen molar-refractivity contribution in [1.29, 1.82) is 0 Å². The molecule has 2 fully saturated rings. The number of methoxy groups -OCH3 is 3. The summed E-state index contributed by atoms with van der Waals surface area (Å²) in [6.45, 7) is 13.6. The number of nitrogens with one attached hydrogen (secondary N) is 2. The Morgan fingerprint density at radius 2 is 1.74 bits per heavy atom. The van der Waals surface area contributed by atoms with Crippen LogP contribution in [0, 0.1) is 11.8 Å². The molecule has 0 radical (unpaired) electrons. The lowest BCUT2D eigenvalue weighted by atomic mass is 9.89. The second-order valence-corrected chi connectivity index (χ2v) is 15.5. The summed E-state index contributed by atoms with van der Waals surface area (Å²) in [6.07, 6.45) is 5.61. The van der Waals surface area contributed by atoms with E-state index in [-0.39, 0.29) is 60.6 Å². The molecule has 1 aromatic carbocycles. The molecule has 2 saturated heterocycles. The van der Waals surface area contributed by atoms with Gasteiger partial charge in [-0.05, 0) is 64.1 Å². The van der Waals surface area contributed by atoms with E-state index in [1.54, 1.807) is 21.1 Å². The molecule has 53 heavy (non-hydrogen) atoms. The Morgan fingerprint density at radius 1 is 1.02 bits per heavy atom. The lowest BCUT2D eigenvalue weighted by Crippen LogP contribution is -2.56. The molecule has 0 aromatic heterocycles. The lowest BCUT2D eigenvalue weighted by molar-refractivity contribution is -0.148. The van der Waals surface area contributed by atoms with E-state index < -0.39 is 30.1 Å². The van der Waals surface area contributed by atoms with Crippen LogP contribution in [0.4, 0.5) is 0 Å². The monoisotopic (exact) mass is 744 g/mol. The van der Waals surface area contributed by atoms with Crippen molar-refractivity contribution in [3.05, 3.63) is 35.9 Å². The maximum Gasteiger partial charge on any atom is 0.328 e. The predicted octanol–water partition coefficient (Wildman–Crippen LogP) is 4.05. The van der Waals surface area contributed by atoms with Crippen LogP contribution in [0.1, 0.15) is 91.5 Å². The molecule has 2 heterocycles. The first kappa shape index (κ1) is 44.3. The number of unbranched alkanes of at least 4 members (excludes halogenated alkanes) is 1. The summed E-state index contributed by atoms with van der Waals surface area (Å²) >= 11 is 0. The number of hydrogen-bond acceptors (Lipinski definition) is 9. The van der Waals surface area contributed by atoms with Gasteiger partial charge in [-0.15, -0.1) is 0 Å². The van der Waals surface area contributed by atoms with E-state index in [0.717, 1.165) is 57.2 Å². The van der Waals surface area contributed by atoms with Crippen molar-refractivity contribution in [1.82, 2.24) is 25.3 Å². The summed E-state index contributed by atoms with van der Waals surface area (Å²) in [5, 5.41) is 6.35. The number of rotatable bonds is 22. The SMILES string of the molecule is CCCCN(C(=O)CNC[C@]1(C)CCCN1C)[C@@H]([C@@H](C)CC)[C@@H](CC(=O)N1CCC[C@H]1C(OC)[C@@H](C)C(=O)N[C@@H](Cc1ccccc1)C(=O)OC)OC. The fourth-order valence-electron chi connectivity index (χ4n) is 8.21. The molecule has 1 unspecified atom stereocenters. The number of benzene rings is 1. The first-order valence-corrected chi connectivity index (χ1v) is 19.8. The zero-order valence-corrected chi connectivity index (χ0v) is 34.0. The van der Waals surface area contributed by atoms with E-state index in [4.69, 9.17) is 14.2 Å². The Hall–Kier alpha value is -3.06. The van der Waals surface area contributed by atoms with Crippen LogP contribution in [-0.2, 0) is 39.8 Å². The molecule has 3 amide bonds. The normalized spacial score (nSPS) is 22.4. The molecule has 8 atom stereocenters. The molecule has 2 N–H and O–H groups in total.